The van der Waals surface area contributed by atoms with Gasteiger partial charge in [-0.15, -0.1) is 0 Å². The Morgan fingerprint density at radius 3 is 2.79 bits per heavy atom. The van der Waals surface area contributed by atoms with Gasteiger partial charge in [-0.25, -0.2) is 0 Å². The number of hydrogen-bond donors (Lipinski definition) is 0. The van der Waals surface area contributed by atoms with Gasteiger partial charge in [0.2, 0.25) is 5.78 Å². The maximum absolute atomic E-state index is 12.4. The summed E-state index contributed by atoms with van der Waals surface area (Å²) in [5, 5.41) is 1.51. The van der Waals surface area contributed by atoms with Gasteiger partial charge in [0.05, 0.1) is 5.56 Å². The molecule has 3 nitrogen and oxygen atoms in total. The Morgan fingerprint density at radius 2 is 2.11 bits per heavy atom. The van der Waals surface area contributed by atoms with Gasteiger partial charge in [0.25, 0.3) is 0 Å². The molecule has 0 amide bonds. The molecule has 3 rings (SSSR count). The number of halogens is 2. The van der Waals surface area contributed by atoms with Crippen molar-refractivity contribution in [2.24, 2.45) is 7.05 Å². The van der Waals surface area contributed by atoms with E-state index in [2.05, 4.69) is 15.9 Å². The zero-order chi connectivity index (χ0) is 13.6. The van der Waals surface area contributed by atoms with Crippen LogP contribution >= 0.6 is 27.5 Å². The molecule has 2 aromatic heterocycles. The molecular weight excluding hydrogens is 330 g/mol. The molecule has 2 heterocycles. The molecule has 1 aromatic carbocycles. The van der Waals surface area contributed by atoms with E-state index >= 15 is 0 Å². The number of hydrogen-bond acceptors (Lipinski definition) is 2. The first-order valence-corrected chi connectivity index (χ1v) is 6.78. The van der Waals surface area contributed by atoms with E-state index in [-0.39, 0.29) is 5.78 Å². The summed E-state index contributed by atoms with van der Waals surface area (Å²) < 4.78 is 7.74. The minimum absolute atomic E-state index is 0.140. The summed E-state index contributed by atoms with van der Waals surface area (Å²) in [6.07, 6.45) is 1.79. The highest BCUT2D eigenvalue weighted by molar-refractivity contribution is 9.10. The molecule has 0 unspecified atom stereocenters. The predicted octanol–water partition coefficient (Wildman–Crippen LogP) is 4.42. The van der Waals surface area contributed by atoms with Crippen LogP contribution in [0.5, 0.6) is 0 Å². The van der Waals surface area contributed by atoms with Crippen molar-refractivity contribution in [1.82, 2.24) is 4.57 Å². The van der Waals surface area contributed by atoms with Crippen LogP contribution in [0.2, 0.25) is 5.02 Å². The molecule has 0 saturated carbocycles. The van der Waals surface area contributed by atoms with Crippen molar-refractivity contribution >= 4 is 44.2 Å². The van der Waals surface area contributed by atoms with Gasteiger partial charge < -0.3 is 8.98 Å². The van der Waals surface area contributed by atoms with E-state index < -0.39 is 0 Å². The fraction of sp³-hybridized carbons (Fsp3) is 0.0714. The molecule has 0 aliphatic rings. The number of aryl methyl sites for hydroxylation is 1. The van der Waals surface area contributed by atoms with Gasteiger partial charge in [0.15, 0.2) is 10.4 Å². The minimum atomic E-state index is -0.140. The highest BCUT2D eigenvalue weighted by Gasteiger charge is 2.18. The van der Waals surface area contributed by atoms with E-state index in [1.165, 1.54) is 0 Å². The fourth-order valence-electron chi connectivity index (χ4n) is 2.11. The Labute approximate surface area is 122 Å². The van der Waals surface area contributed by atoms with Gasteiger partial charge >= 0.3 is 0 Å². The van der Waals surface area contributed by atoms with Crippen LogP contribution in [0.25, 0.3) is 10.9 Å². The quantitative estimate of drug-likeness (QED) is 0.648. The summed E-state index contributed by atoms with van der Waals surface area (Å²) in [7, 11) is 1.88. The molecule has 0 bridgehead atoms. The molecule has 3 aromatic rings. The zero-order valence-electron chi connectivity index (χ0n) is 9.98. The van der Waals surface area contributed by atoms with Crippen LogP contribution in [0.4, 0.5) is 0 Å². The van der Waals surface area contributed by atoms with Gasteiger partial charge in [-0.3, -0.25) is 4.79 Å². The third-order valence-corrected chi connectivity index (χ3v) is 3.66. The second kappa shape index (κ2) is 4.54. The third kappa shape index (κ3) is 2.11. The van der Waals surface area contributed by atoms with Crippen LogP contribution in [0.1, 0.15) is 16.1 Å². The monoisotopic (exact) mass is 337 g/mol. The van der Waals surface area contributed by atoms with Gasteiger partial charge in [-0.1, -0.05) is 17.7 Å². The topological polar surface area (TPSA) is 35.1 Å². The number of ketones is 1. The molecule has 0 saturated heterocycles. The number of aromatic nitrogens is 1. The van der Waals surface area contributed by atoms with Gasteiger partial charge in [-0.2, -0.15) is 0 Å². The molecule has 0 atom stereocenters. The summed E-state index contributed by atoms with van der Waals surface area (Å²) in [4.78, 5) is 12.4. The van der Waals surface area contributed by atoms with E-state index in [4.69, 9.17) is 16.0 Å². The van der Waals surface area contributed by atoms with Crippen molar-refractivity contribution in [2.45, 2.75) is 0 Å². The number of rotatable bonds is 2. The molecule has 96 valence electrons. The predicted molar refractivity (Wildman–Crippen MR) is 77.8 cm³/mol. The van der Waals surface area contributed by atoms with Crippen LogP contribution in [0.15, 0.2) is 45.6 Å². The number of benzene rings is 1. The highest BCUT2D eigenvalue weighted by atomic mass is 79.9. The van der Waals surface area contributed by atoms with Crippen molar-refractivity contribution in [3.63, 3.8) is 0 Å². The molecule has 0 spiro atoms. The van der Waals surface area contributed by atoms with Crippen molar-refractivity contribution < 1.29 is 9.21 Å². The SMILES string of the molecule is Cn1cc(C(=O)c2ccc(Br)o2)c2ccc(Cl)cc21. The van der Waals surface area contributed by atoms with Crippen LogP contribution in [0, 0.1) is 0 Å². The lowest BCUT2D eigenvalue weighted by molar-refractivity contribution is 0.101. The average molecular weight is 339 g/mol. The second-order valence-corrected chi connectivity index (χ2v) is 5.47. The normalized spacial score (nSPS) is 11.1. The standard InChI is InChI=1S/C14H9BrClNO2/c1-17-7-10(9-3-2-8(16)6-11(9)17)14(18)12-4-5-13(15)19-12/h2-7H,1H3. The molecule has 0 aliphatic carbocycles. The summed E-state index contributed by atoms with van der Waals surface area (Å²) >= 11 is 9.17. The van der Waals surface area contributed by atoms with Crippen LogP contribution < -0.4 is 0 Å². The molecule has 19 heavy (non-hydrogen) atoms. The van der Waals surface area contributed by atoms with E-state index in [1.54, 1.807) is 24.4 Å². The number of carbonyl (C=O) groups excluding carboxylic acids is 1. The summed E-state index contributed by atoms with van der Waals surface area (Å²) in [6, 6.07) is 8.82. The lowest BCUT2D eigenvalue weighted by Gasteiger charge is -1.97. The lowest BCUT2D eigenvalue weighted by Crippen LogP contribution is -1.98. The first-order valence-electron chi connectivity index (χ1n) is 5.61. The second-order valence-electron chi connectivity index (χ2n) is 4.25. The maximum atomic E-state index is 12.4. The smallest absolute Gasteiger partial charge is 0.230 e. The third-order valence-electron chi connectivity index (χ3n) is 2.99. The Kier molecular flexibility index (Phi) is 2.99. The summed E-state index contributed by atoms with van der Waals surface area (Å²) in [5.41, 5.74) is 1.53. The molecule has 5 heteroatoms. The Balaban J connectivity index is 2.18. The fourth-order valence-corrected chi connectivity index (χ4v) is 2.58. The van der Waals surface area contributed by atoms with Crippen molar-refractivity contribution in [3.05, 3.63) is 57.5 Å². The maximum Gasteiger partial charge on any atom is 0.230 e. The number of nitrogens with zero attached hydrogens (tertiary/aromatic N) is 1. The molecule has 0 fully saturated rings. The van der Waals surface area contributed by atoms with Crippen molar-refractivity contribution in [2.75, 3.05) is 0 Å². The van der Waals surface area contributed by atoms with Crippen molar-refractivity contribution in [1.29, 1.82) is 0 Å². The zero-order valence-corrected chi connectivity index (χ0v) is 12.3. The van der Waals surface area contributed by atoms with Gasteiger partial charge in [0.1, 0.15) is 0 Å². The minimum Gasteiger partial charge on any atom is -0.446 e. The van der Waals surface area contributed by atoms with E-state index in [9.17, 15) is 4.79 Å². The van der Waals surface area contributed by atoms with Crippen LogP contribution in [0.3, 0.4) is 0 Å². The van der Waals surface area contributed by atoms with Crippen LogP contribution in [-0.4, -0.2) is 10.4 Å². The van der Waals surface area contributed by atoms with E-state index in [0.29, 0.717) is 21.0 Å². The van der Waals surface area contributed by atoms with Gasteiger partial charge in [-0.05, 0) is 40.2 Å². The van der Waals surface area contributed by atoms with Crippen LogP contribution in [-0.2, 0) is 7.05 Å². The summed E-state index contributed by atoms with van der Waals surface area (Å²) in [6.45, 7) is 0. The Hall–Kier alpha value is -1.52. The number of carbonyl (C=O) groups is 1. The average Bonchev–Trinajstić information content (AvgIpc) is 2.94. The molecular formula is C14H9BrClNO2. The number of fused-ring (bicyclic) bond motifs is 1. The van der Waals surface area contributed by atoms with E-state index in [0.717, 1.165) is 10.9 Å². The largest absolute Gasteiger partial charge is 0.446 e. The lowest BCUT2D eigenvalue weighted by atomic mass is 10.1. The molecule has 0 N–H and O–H groups in total. The Morgan fingerprint density at radius 1 is 1.32 bits per heavy atom. The molecule has 0 radical (unpaired) electrons. The Bertz CT molecular complexity index is 788. The first-order chi connectivity index (χ1) is 9.06. The van der Waals surface area contributed by atoms with Crippen molar-refractivity contribution in [3.8, 4) is 0 Å². The van der Waals surface area contributed by atoms with Gasteiger partial charge in [0, 0.05) is 29.2 Å². The first kappa shape index (κ1) is 12.5. The summed E-state index contributed by atoms with van der Waals surface area (Å²) in [5.74, 6) is 0.174. The highest BCUT2D eigenvalue weighted by Crippen LogP contribution is 2.27. The number of furan rings is 1. The van der Waals surface area contributed by atoms with E-state index in [1.807, 2.05) is 23.7 Å². The molecule has 0 aliphatic heterocycles.